The first kappa shape index (κ1) is 21.3. The largest absolute Gasteiger partial charge is 0.386 e. The number of nitrogens with one attached hydrogen (secondary N) is 3. The maximum atomic E-state index is 14.5. The van der Waals surface area contributed by atoms with E-state index in [0.29, 0.717) is 22.5 Å². The number of rotatable bonds is 9. The van der Waals surface area contributed by atoms with E-state index in [1.54, 1.807) is 37.4 Å². The Morgan fingerprint density at radius 2 is 1.93 bits per heavy atom. The molecule has 0 aliphatic carbocycles. The Hall–Kier alpha value is -3.42. The second kappa shape index (κ2) is 9.39. The van der Waals surface area contributed by atoms with Crippen LogP contribution in [0.2, 0.25) is 0 Å². The Bertz CT molecular complexity index is 963. The molecule has 1 unspecified atom stereocenters. The van der Waals surface area contributed by atoms with Crippen molar-refractivity contribution >= 4 is 29.5 Å². The molecule has 30 heavy (non-hydrogen) atoms. The van der Waals surface area contributed by atoms with Crippen LogP contribution in [0.15, 0.2) is 36.4 Å². The van der Waals surface area contributed by atoms with Crippen LogP contribution in [-0.2, 0) is 22.7 Å². The number of anilines is 2. The fraction of sp³-hybridized carbons (Fsp3) is 0.318. The summed E-state index contributed by atoms with van der Waals surface area (Å²) in [4.78, 5) is 37.5. The molecule has 8 heteroatoms. The molecule has 1 atom stereocenters. The minimum absolute atomic E-state index is 0.185. The number of hydrogen-bond acceptors (Lipinski definition) is 5. The van der Waals surface area contributed by atoms with Crippen LogP contribution in [0.1, 0.15) is 34.3 Å². The van der Waals surface area contributed by atoms with Crippen molar-refractivity contribution in [2.45, 2.75) is 32.0 Å². The first-order valence-corrected chi connectivity index (χ1v) is 9.78. The highest BCUT2D eigenvalue weighted by Crippen LogP contribution is 2.32. The van der Waals surface area contributed by atoms with Crippen molar-refractivity contribution < 1.29 is 18.8 Å². The topological polar surface area (TPSA) is 90.5 Å². The molecule has 0 fully saturated rings. The molecule has 0 bridgehead atoms. The van der Waals surface area contributed by atoms with Crippen molar-refractivity contribution in [1.29, 1.82) is 0 Å². The van der Waals surface area contributed by atoms with E-state index in [4.69, 9.17) is 0 Å². The number of amides is 2. The smallest absolute Gasteiger partial charge is 0.255 e. The zero-order valence-corrected chi connectivity index (χ0v) is 17.0. The summed E-state index contributed by atoms with van der Waals surface area (Å²) in [7, 11) is 3.16. The van der Waals surface area contributed by atoms with Crippen LogP contribution in [-0.4, -0.2) is 43.1 Å². The van der Waals surface area contributed by atoms with E-state index in [9.17, 15) is 18.8 Å². The van der Waals surface area contributed by atoms with Crippen LogP contribution in [0.3, 0.4) is 0 Å². The number of carbonyl (C=O) groups excluding carboxylic acids is 3. The lowest BCUT2D eigenvalue weighted by molar-refractivity contribution is -0.125. The first-order valence-electron chi connectivity index (χ1n) is 9.78. The Morgan fingerprint density at radius 1 is 1.20 bits per heavy atom. The Balaban J connectivity index is 1.83. The lowest BCUT2D eigenvalue weighted by Gasteiger charge is -2.25. The van der Waals surface area contributed by atoms with Crippen LogP contribution >= 0.6 is 0 Å². The fourth-order valence-electron chi connectivity index (χ4n) is 3.69. The second-order valence-corrected chi connectivity index (χ2v) is 7.02. The predicted molar refractivity (Wildman–Crippen MR) is 113 cm³/mol. The van der Waals surface area contributed by atoms with E-state index in [2.05, 4.69) is 16.0 Å². The van der Waals surface area contributed by atoms with Crippen molar-refractivity contribution in [2.75, 3.05) is 24.7 Å². The van der Waals surface area contributed by atoms with Gasteiger partial charge in [0.05, 0.1) is 5.69 Å². The molecule has 158 valence electrons. The highest BCUT2D eigenvalue weighted by molar-refractivity contribution is 6.02. The third-order valence-electron chi connectivity index (χ3n) is 5.30. The number of nitrogens with zero attached hydrogens (tertiary/aromatic N) is 1. The summed E-state index contributed by atoms with van der Waals surface area (Å²) in [5, 5.41) is 8.60. The summed E-state index contributed by atoms with van der Waals surface area (Å²) in [6.45, 7) is 0.489. The summed E-state index contributed by atoms with van der Waals surface area (Å²) in [5.41, 5.74) is 2.88. The molecule has 7 nitrogen and oxygen atoms in total. The van der Waals surface area contributed by atoms with Crippen molar-refractivity contribution in [3.63, 3.8) is 0 Å². The average molecular weight is 412 g/mol. The molecule has 2 aromatic carbocycles. The Labute approximate surface area is 174 Å². The molecule has 0 aromatic heterocycles. The van der Waals surface area contributed by atoms with E-state index in [1.165, 1.54) is 11.9 Å². The SMILES string of the molecule is CNC(=O)C(CCC=O)N1Cc2c(NCc3cccc(NC)c3F)cccc2C1=O. The van der Waals surface area contributed by atoms with E-state index in [-0.39, 0.29) is 43.6 Å². The van der Waals surface area contributed by atoms with Crippen molar-refractivity contribution in [3.05, 3.63) is 58.9 Å². The molecule has 2 amide bonds. The second-order valence-electron chi connectivity index (χ2n) is 7.02. The molecule has 3 N–H and O–H groups in total. The van der Waals surface area contributed by atoms with Gasteiger partial charge in [-0.3, -0.25) is 9.59 Å². The minimum Gasteiger partial charge on any atom is -0.386 e. The van der Waals surface area contributed by atoms with Gasteiger partial charge in [-0.25, -0.2) is 4.39 Å². The number of hydrogen-bond donors (Lipinski definition) is 3. The molecule has 1 heterocycles. The van der Waals surface area contributed by atoms with E-state index >= 15 is 0 Å². The minimum atomic E-state index is -0.724. The van der Waals surface area contributed by atoms with Gasteiger partial charge in [-0.1, -0.05) is 18.2 Å². The number of halogens is 1. The quantitative estimate of drug-likeness (QED) is 0.551. The normalized spacial score (nSPS) is 13.6. The molecule has 0 saturated heterocycles. The van der Waals surface area contributed by atoms with Gasteiger partial charge in [-0.05, 0) is 24.6 Å². The van der Waals surface area contributed by atoms with Gasteiger partial charge in [0.15, 0.2) is 5.82 Å². The van der Waals surface area contributed by atoms with Crippen LogP contribution in [0.5, 0.6) is 0 Å². The van der Waals surface area contributed by atoms with Gasteiger partial charge in [0.25, 0.3) is 5.91 Å². The highest BCUT2D eigenvalue weighted by atomic mass is 19.1. The monoisotopic (exact) mass is 412 g/mol. The number of likely N-dealkylation sites (N-methyl/N-ethyl adjacent to an activating group) is 1. The first-order chi connectivity index (χ1) is 14.5. The molecule has 2 aromatic rings. The van der Waals surface area contributed by atoms with E-state index < -0.39 is 6.04 Å². The molecule has 0 spiro atoms. The third-order valence-corrected chi connectivity index (χ3v) is 5.30. The van der Waals surface area contributed by atoms with Crippen LogP contribution < -0.4 is 16.0 Å². The molecule has 1 aliphatic heterocycles. The number of fused-ring (bicyclic) bond motifs is 1. The standard InChI is InChI=1S/C22H25FN4O3/c1-24-18-9-3-6-14(20(18)23)12-26-17-8-4-7-15-16(17)13-27(22(15)30)19(10-5-11-28)21(29)25-2/h3-4,6-9,11,19,24,26H,5,10,12-13H2,1-2H3,(H,25,29). The van der Waals surface area contributed by atoms with Gasteiger partial charge in [-0.2, -0.15) is 0 Å². The van der Waals surface area contributed by atoms with Crippen LogP contribution in [0.25, 0.3) is 0 Å². The molecular formula is C22H25FN4O3. The highest BCUT2D eigenvalue weighted by Gasteiger charge is 2.36. The summed E-state index contributed by atoms with van der Waals surface area (Å²) in [6.07, 6.45) is 1.18. The van der Waals surface area contributed by atoms with Crippen molar-refractivity contribution in [1.82, 2.24) is 10.2 Å². The summed E-state index contributed by atoms with van der Waals surface area (Å²) >= 11 is 0. The molecular weight excluding hydrogens is 387 g/mol. The number of carbonyl (C=O) groups is 3. The number of benzene rings is 2. The lowest BCUT2D eigenvalue weighted by Crippen LogP contribution is -2.46. The third kappa shape index (κ3) is 4.12. The van der Waals surface area contributed by atoms with Crippen molar-refractivity contribution in [2.24, 2.45) is 0 Å². The Morgan fingerprint density at radius 3 is 2.63 bits per heavy atom. The van der Waals surface area contributed by atoms with E-state index in [1.807, 2.05) is 6.07 Å². The molecule has 1 aliphatic rings. The summed E-state index contributed by atoms with van der Waals surface area (Å²) in [6, 6.07) is 9.70. The molecule has 0 radical (unpaired) electrons. The lowest BCUT2D eigenvalue weighted by atomic mass is 10.1. The predicted octanol–water partition coefficient (Wildman–Crippen LogP) is 2.53. The number of aldehydes is 1. The zero-order valence-electron chi connectivity index (χ0n) is 17.0. The average Bonchev–Trinajstić information content (AvgIpc) is 3.10. The Kier molecular flexibility index (Phi) is 6.66. The van der Waals surface area contributed by atoms with Gasteiger partial charge < -0.3 is 25.6 Å². The maximum absolute atomic E-state index is 14.5. The van der Waals surface area contributed by atoms with Gasteiger partial charge in [0.1, 0.15) is 12.3 Å². The van der Waals surface area contributed by atoms with Gasteiger partial charge >= 0.3 is 0 Å². The summed E-state index contributed by atoms with van der Waals surface area (Å²) in [5.74, 6) is -0.888. The molecule has 3 rings (SSSR count). The maximum Gasteiger partial charge on any atom is 0.255 e. The molecule has 0 saturated carbocycles. The van der Waals surface area contributed by atoms with Gasteiger partial charge in [0.2, 0.25) is 5.91 Å². The van der Waals surface area contributed by atoms with Gasteiger partial charge in [-0.15, -0.1) is 0 Å². The van der Waals surface area contributed by atoms with Crippen molar-refractivity contribution in [3.8, 4) is 0 Å². The van der Waals surface area contributed by atoms with Crippen LogP contribution in [0, 0.1) is 5.82 Å². The summed E-state index contributed by atoms with van der Waals surface area (Å²) < 4.78 is 14.5. The van der Waals surface area contributed by atoms with Crippen LogP contribution in [0.4, 0.5) is 15.8 Å². The zero-order chi connectivity index (χ0) is 21.7. The fourth-order valence-corrected chi connectivity index (χ4v) is 3.69. The van der Waals surface area contributed by atoms with Gasteiger partial charge in [0, 0.05) is 56.0 Å². The van der Waals surface area contributed by atoms with E-state index in [0.717, 1.165) is 11.8 Å².